The summed E-state index contributed by atoms with van der Waals surface area (Å²) in [4.78, 5) is 26.0. The summed E-state index contributed by atoms with van der Waals surface area (Å²) in [5.74, 6) is 0.140. The third-order valence-corrected chi connectivity index (χ3v) is 4.61. The van der Waals surface area contributed by atoms with Crippen LogP contribution in [-0.4, -0.2) is 41.9 Å². The quantitative estimate of drug-likeness (QED) is 0.874. The number of thiophene rings is 1. The van der Waals surface area contributed by atoms with E-state index in [0.717, 1.165) is 12.8 Å². The second-order valence-electron chi connectivity index (χ2n) is 5.85. The molecule has 124 valence electrons. The van der Waals surface area contributed by atoms with Gasteiger partial charge in [-0.2, -0.15) is 11.3 Å². The first-order chi connectivity index (χ1) is 9.99. The first-order valence-electron chi connectivity index (χ1n) is 7.36. The maximum atomic E-state index is 12.2. The topological polar surface area (TPSA) is 75.4 Å². The Morgan fingerprint density at radius 1 is 1.36 bits per heavy atom. The number of piperidine rings is 1. The molecule has 5 nitrogen and oxygen atoms in total. The van der Waals surface area contributed by atoms with E-state index in [4.69, 9.17) is 5.73 Å². The molecule has 0 aromatic carbocycles. The van der Waals surface area contributed by atoms with E-state index < -0.39 is 6.04 Å². The summed E-state index contributed by atoms with van der Waals surface area (Å²) >= 11 is 1.51. The van der Waals surface area contributed by atoms with E-state index in [-0.39, 0.29) is 36.2 Å². The van der Waals surface area contributed by atoms with Gasteiger partial charge in [-0.3, -0.25) is 9.59 Å². The Bertz CT molecular complexity index is 485. The van der Waals surface area contributed by atoms with E-state index in [1.165, 1.54) is 11.3 Å². The molecular formula is C15H24ClN3O2S. The average molecular weight is 346 g/mol. The third kappa shape index (κ3) is 4.69. The van der Waals surface area contributed by atoms with E-state index in [9.17, 15) is 9.59 Å². The molecule has 7 heteroatoms. The van der Waals surface area contributed by atoms with Gasteiger partial charge >= 0.3 is 0 Å². The minimum Gasteiger partial charge on any atom is -0.349 e. The van der Waals surface area contributed by atoms with Crippen molar-refractivity contribution >= 4 is 35.6 Å². The number of nitrogens with zero attached hydrogens (tertiary/aromatic N) is 1. The number of carbonyl (C=O) groups excluding carboxylic acids is 2. The molecule has 1 aliphatic rings. The van der Waals surface area contributed by atoms with Gasteiger partial charge in [0, 0.05) is 30.1 Å². The van der Waals surface area contributed by atoms with Gasteiger partial charge in [0.05, 0.1) is 6.04 Å². The van der Waals surface area contributed by atoms with Crippen molar-refractivity contribution in [3.8, 4) is 0 Å². The molecule has 0 unspecified atom stereocenters. The van der Waals surface area contributed by atoms with Crippen molar-refractivity contribution in [2.75, 3.05) is 13.1 Å². The molecule has 2 rings (SSSR count). The molecule has 2 amide bonds. The lowest BCUT2D eigenvalue weighted by Crippen LogP contribution is -2.52. The summed E-state index contributed by atoms with van der Waals surface area (Å²) < 4.78 is 0. The maximum Gasteiger partial charge on any atom is 0.252 e. The fraction of sp³-hybridized carbons (Fsp3) is 0.600. The predicted octanol–water partition coefficient (Wildman–Crippen LogP) is 1.87. The summed E-state index contributed by atoms with van der Waals surface area (Å²) in [6.45, 7) is 5.23. The highest BCUT2D eigenvalue weighted by molar-refractivity contribution is 7.08. The Morgan fingerprint density at radius 3 is 2.50 bits per heavy atom. The molecule has 1 aromatic heterocycles. The zero-order valence-corrected chi connectivity index (χ0v) is 14.6. The molecule has 2 heterocycles. The number of nitrogens with one attached hydrogen (secondary N) is 1. The highest BCUT2D eigenvalue weighted by Gasteiger charge is 2.28. The van der Waals surface area contributed by atoms with Crippen LogP contribution in [0.2, 0.25) is 0 Å². The summed E-state index contributed by atoms with van der Waals surface area (Å²) in [5.41, 5.74) is 6.62. The molecule has 1 saturated heterocycles. The molecule has 1 atom stereocenters. The fourth-order valence-corrected chi connectivity index (χ4v) is 3.04. The highest BCUT2D eigenvalue weighted by atomic mass is 35.5. The van der Waals surface area contributed by atoms with Crippen molar-refractivity contribution in [2.45, 2.75) is 38.8 Å². The molecule has 1 aromatic rings. The van der Waals surface area contributed by atoms with Crippen LogP contribution in [0.4, 0.5) is 0 Å². The third-order valence-electron chi connectivity index (χ3n) is 3.93. The SMILES string of the molecule is CC(C)[C@H](N)C(=O)N1CCC(NC(=O)c2ccsc2)CC1.Cl. The van der Waals surface area contributed by atoms with Gasteiger partial charge < -0.3 is 16.0 Å². The van der Waals surface area contributed by atoms with Gasteiger partial charge in [0.15, 0.2) is 0 Å². The van der Waals surface area contributed by atoms with Crippen LogP contribution in [0.25, 0.3) is 0 Å². The molecule has 0 saturated carbocycles. The first-order valence-corrected chi connectivity index (χ1v) is 8.30. The second kappa shape index (κ2) is 8.50. The van der Waals surface area contributed by atoms with Gasteiger partial charge in [0.1, 0.15) is 0 Å². The Morgan fingerprint density at radius 2 is 2.00 bits per heavy atom. The molecule has 0 bridgehead atoms. The van der Waals surface area contributed by atoms with Crippen molar-refractivity contribution in [3.63, 3.8) is 0 Å². The van der Waals surface area contributed by atoms with Crippen LogP contribution in [0.15, 0.2) is 16.8 Å². The smallest absolute Gasteiger partial charge is 0.252 e. The first kappa shape index (κ1) is 18.9. The van der Waals surface area contributed by atoms with Gasteiger partial charge in [-0.05, 0) is 30.2 Å². The lowest BCUT2D eigenvalue weighted by atomic mass is 10.00. The number of likely N-dealkylation sites (tertiary alicyclic amines) is 1. The Balaban J connectivity index is 0.00000242. The number of halogens is 1. The van der Waals surface area contributed by atoms with E-state index in [1.807, 2.05) is 35.6 Å². The van der Waals surface area contributed by atoms with E-state index in [2.05, 4.69) is 5.32 Å². The number of amides is 2. The van der Waals surface area contributed by atoms with Crippen LogP contribution in [0, 0.1) is 5.92 Å². The normalized spacial score (nSPS) is 17.0. The number of hydrogen-bond acceptors (Lipinski definition) is 4. The molecule has 1 aliphatic heterocycles. The van der Waals surface area contributed by atoms with E-state index in [1.54, 1.807) is 0 Å². The second-order valence-corrected chi connectivity index (χ2v) is 6.63. The Hall–Kier alpha value is -1.11. The van der Waals surface area contributed by atoms with Gasteiger partial charge in [-0.1, -0.05) is 13.8 Å². The van der Waals surface area contributed by atoms with Crippen LogP contribution >= 0.6 is 23.7 Å². The zero-order valence-electron chi connectivity index (χ0n) is 13.0. The lowest BCUT2D eigenvalue weighted by Gasteiger charge is -2.34. The maximum absolute atomic E-state index is 12.2. The van der Waals surface area contributed by atoms with E-state index in [0.29, 0.717) is 18.7 Å². The Labute approximate surface area is 141 Å². The Kier molecular flexibility index (Phi) is 7.32. The van der Waals surface area contributed by atoms with Crippen molar-refractivity contribution in [3.05, 3.63) is 22.4 Å². The summed E-state index contributed by atoms with van der Waals surface area (Å²) in [6, 6.07) is 1.53. The van der Waals surface area contributed by atoms with Gasteiger partial charge in [-0.15, -0.1) is 12.4 Å². The van der Waals surface area contributed by atoms with Crippen LogP contribution in [-0.2, 0) is 4.79 Å². The highest BCUT2D eigenvalue weighted by Crippen LogP contribution is 2.14. The number of rotatable bonds is 4. The minimum absolute atomic E-state index is 0. The molecule has 22 heavy (non-hydrogen) atoms. The minimum atomic E-state index is -0.429. The number of carbonyl (C=O) groups is 2. The van der Waals surface area contributed by atoms with Crippen LogP contribution < -0.4 is 11.1 Å². The molecule has 0 aliphatic carbocycles. The standard InChI is InChI=1S/C15H23N3O2S.ClH/c1-10(2)13(16)15(20)18-6-3-12(4-7-18)17-14(19)11-5-8-21-9-11;/h5,8-10,12-13H,3-4,6-7,16H2,1-2H3,(H,17,19);1H/t13-;/m0./s1. The van der Waals surface area contributed by atoms with Crippen LogP contribution in [0.1, 0.15) is 37.0 Å². The number of hydrogen-bond donors (Lipinski definition) is 2. The molecule has 1 fully saturated rings. The van der Waals surface area contributed by atoms with Crippen LogP contribution in [0.5, 0.6) is 0 Å². The van der Waals surface area contributed by atoms with E-state index >= 15 is 0 Å². The van der Waals surface area contributed by atoms with Crippen molar-refractivity contribution in [1.29, 1.82) is 0 Å². The van der Waals surface area contributed by atoms with Crippen molar-refractivity contribution < 1.29 is 9.59 Å². The monoisotopic (exact) mass is 345 g/mol. The molecule has 0 spiro atoms. The van der Waals surface area contributed by atoms with Gasteiger partial charge in [0.2, 0.25) is 5.91 Å². The van der Waals surface area contributed by atoms with Gasteiger partial charge in [0.25, 0.3) is 5.91 Å². The summed E-state index contributed by atoms with van der Waals surface area (Å²) in [5, 5.41) is 6.77. The van der Waals surface area contributed by atoms with Crippen LogP contribution in [0.3, 0.4) is 0 Å². The average Bonchev–Trinajstić information content (AvgIpc) is 3.00. The van der Waals surface area contributed by atoms with Crippen molar-refractivity contribution in [2.24, 2.45) is 11.7 Å². The van der Waals surface area contributed by atoms with Crippen molar-refractivity contribution in [1.82, 2.24) is 10.2 Å². The fourth-order valence-electron chi connectivity index (χ4n) is 2.40. The molecule has 0 radical (unpaired) electrons. The summed E-state index contributed by atoms with van der Waals surface area (Å²) in [7, 11) is 0. The molecule has 3 N–H and O–H groups in total. The lowest BCUT2D eigenvalue weighted by molar-refractivity contribution is -0.134. The van der Waals surface area contributed by atoms with Gasteiger partial charge in [-0.25, -0.2) is 0 Å². The molecular weight excluding hydrogens is 322 g/mol. The number of nitrogens with two attached hydrogens (primary N) is 1. The summed E-state index contributed by atoms with van der Waals surface area (Å²) in [6.07, 6.45) is 1.57. The predicted molar refractivity (Wildman–Crippen MR) is 91.4 cm³/mol. The zero-order chi connectivity index (χ0) is 15.4. The largest absolute Gasteiger partial charge is 0.349 e.